The van der Waals surface area contributed by atoms with Gasteiger partial charge < -0.3 is 15.3 Å². The summed E-state index contributed by atoms with van der Waals surface area (Å²) in [5, 5.41) is 38.1. The highest BCUT2D eigenvalue weighted by atomic mass is 32.2. The molecule has 8 nitrogen and oxygen atoms in total. The standard InChI is InChI=1S/C14H11NO7S/c15-9(5-16)11-12(10(17)6-23(20,21)22)14(19)8-4-2-1-3-7(8)13(11)18/h1-6,15,17-19H,(H,20,21,22)/b10-6-,15-9?. The van der Waals surface area contributed by atoms with Crippen molar-refractivity contribution in [1.29, 1.82) is 5.41 Å². The molecule has 9 heteroatoms. The maximum atomic E-state index is 10.9. The molecule has 120 valence electrons. The van der Waals surface area contributed by atoms with Crippen LogP contribution in [0.15, 0.2) is 29.7 Å². The molecule has 0 saturated carbocycles. The second-order valence-electron chi connectivity index (χ2n) is 4.54. The molecule has 0 fully saturated rings. The Hall–Kier alpha value is -2.91. The van der Waals surface area contributed by atoms with E-state index in [1.54, 1.807) is 0 Å². The SMILES string of the molecule is N=C(C=O)c1c(/C(O)=C/S(=O)(=O)O)c(O)c2ccccc2c1O. The zero-order valence-corrected chi connectivity index (χ0v) is 12.2. The zero-order valence-electron chi connectivity index (χ0n) is 11.4. The molecule has 0 aliphatic carbocycles. The lowest BCUT2D eigenvalue weighted by Crippen LogP contribution is -2.07. The molecular weight excluding hydrogens is 326 g/mol. The van der Waals surface area contributed by atoms with Crippen molar-refractivity contribution in [2.24, 2.45) is 0 Å². The Morgan fingerprint density at radius 2 is 1.52 bits per heavy atom. The smallest absolute Gasteiger partial charge is 0.291 e. The first-order valence-electron chi connectivity index (χ1n) is 6.06. The van der Waals surface area contributed by atoms with Crippen LogP contribution in [0.4, 0.5) is 0 Å². The van der Waals surface area contributed by atoms with E-state index in [0.717, 1.165) is 0 Å². The molecule has 2 aromatic rings. The molecule has 0 bridgehead atoms. The predicted molar refractivity (Wildman–Crippen MR) is 82.3 cm³/mol. The van der Waals surface area contributed by atoms with E-state index in [-0.39, 0.29) is 22.5 Å². The highest BCUT2D eigenvalue weighted by molar-refractivity contribution is 7.89. The lowest BCUT2D eigenvalue weighted by atomic mass is 9.94. The summed E-state index contributed by atoms with van der Waals surface area (Å²) < 4.78 is 30.5. The Kier molecular flexibility index (Phi) is 4.08. The van der Waals surface area contributed by atoms with Gasteiger partial charge in [0.15, 0.2) is 6.29 Å². The Morgan fingerprint density at radius 3 is 1.96 bits per heavy atom. The van der Waals surface area contributed by atoms with Gasteiger partial charge in [0.2, 0.25) is 0 Å². The van der Waals surface area contributed by atoms with Crippen molar-refractivity contribution >= 4 is 38.6 Å². The van der Waals surface area contributed by atoms with E-state index >= 15 is 0 Å². The van der Waals surface area contributed by atoms with E-state index in [4.69, 9.17) is 9.96 Å². The van der Waals surface area contributed by atoms with Crippen molar-refractivity contribution in [2.45, 2.75) is 0 Å². The highest BCUT2D eigenvalue weighted by Gasteiger charge is 2.25. The first-order valence-corrected chi connectivity index (χ1v) is 7.57. The van der Waals surface area contributed by atoms with Gasteiger partial charge in [0, 0.05) is 10.8 Å². The number of nitrogens with one attached hydrogen (secondary N) is 1. The number of aldehydes is 1. The fraction of sp³-hybridized carbons (Fsp3) is 0. The molecule has 0 amide bonds. The zero-order chi connectivity index (χ0) is 17.4. The lowest BCUT2D eigenvalue weighted by Gasteiger charge is -2.15. The number of rotatable bonds is 4. The van der Waals surface area contributed by atoms with Crippen LogP contribution in [0.3, 0.4) is 0 Å². The Morgan fingerprint density at radius 1 is 1.04 bits per heavy atom. The fourth-order valence-electron chi connectivity index (χ4n) is 2.17. The van der Waals surface area contributed by atoms with Crippen molar-refractivity contribution in [3.63, 3.8) is 0 Å². The average molecular weight is 337 g/mol. The number of aliphatic hydroxyl groups excluding tert-OH is 1. The Bertz CT molecular complexity index is 961. The number of carbonyl (C=O) groups is 1. The van der Waals surface area contributed by atoms with Gasteiger partial charge in [-0.05, 0) is 0 Å². The normalized spacial score (nSPS) is 12.3. The molecule has 5 N–H and O–H groups in total. The molecule has 0 radical (unpaired) electrons. The first-order chi connectivity index (χ1) is 10.7. The predicted octanol–water partition coefficient (Wildman–Crippen LogP) is 1.56. The van der Waals surface area contributed by atoms with Crippen LogP contribution in [-0.2, 0) is 14.9 Å². The van der Waals surface area contributed by atoms with Gasteiger partial charge in [-0.15, -0.1) is 0 Å². The van der Waals surface area contributed by atoms with Crippen LogP contribution in [0.5, 0.6) is 11.5 Å². The number of carbonyl (C=O) groups excluding carboxylic acids is 1. The summed E-state index contributed by atoms with van der Waals surface area (Å²) in [5.41, 5.74) is -2.02. The van der Waals surface area contributed by atoms with Crippen molar-refractivity contribution < 1.29 is 33.1 Å². The molecule has 0 aromatic heterocycles. The van der Waals surface area contributed by atoms with Crippen molar-refractivity contribution in [1.82, 2.24) is 0 Å². The van der Waals surface area contributed by atoms with E-state index in [1.807, 2.05) is 0 Å². The molecule has 0 spiro atoms. The number of phenolic OH excluding ortho intramolecular Hbond substituents is 2. The van der Waals surface area contributed by atoms with Crippen LogP contribution in [0, 0.1) is 5.41 Å². The third kappa shape index (κ3) is 3.00. The molecule has 2 rings (SSSR count). The van der Waals surface area contributed by atoms with Gasteiger partial charge in [-0.3, -0.25) is 14.8 Å². The molecule has 0 unspecified atom stereocenters. The fourth-order valence-corrected chi connectivity index (χ4v) is 2.57. The van der Waals surface area contributed by atoms with Crippen LogP contribution in [0.1, 0.15) is 11.1 Å². The maximum Gasteiger partial charge on any atom is 0.291 e. The summed E-state index contributed by atoms with van der Waals surface area (Å²) in [5.74, 6) is -2.38. The lowest BCUT2D eigenvalue weighted by molar-refractivity contribution is -0.102. The molecule has 0 atom stereocenters. The minimum atomic E-state index is -4.77. The summed E-state index contributed by atoms with van der Waals surface area (Å²) in [6.07, 6.45) is 0.0491. The van der Waals surface area contributed by atoms with Crippen molar-refractivity contribution in [3.05, 3.63) is 40.8 Å². The van der Waals surface area contributed by atoms with Crippen LogP contribution < -0.4 is 0 Å². The number of aromatic hydroxyl groups is 2. The minimum absolute atomic E-state index is 0.0256. The van der Waals surface area contributed by atoms with Crippen LogP contribution in [-0.4, -0.2) is 40.3 Å². The first kappa shape index (κ1) is 16.5. The van der Waals surface area contributed by atoms with E-state index in [9.17, 15) is 28.5 Å². The molecular formula is C14H11NO7S. The van der Waals surface area contributed by atoms with Gasteiger partial charge in [-0.1, -0.05) is 24.3 Å². The maximum absolute atomic E-state index is 10.9. The minimum Gasteiger partial charge on any atom is -0.507 e. The van der Waals surface area contributed by atoms with E-state index in [2.05, 4.69) is 0 Å². The number of fused-ring (bicyclic) bond motifs is 1. The van der Waals surface area contributed by atoms with Crippen molar-refractivity contribution in [2.75, 3.05) is 0 Å². The average Bonchev–Trinajstić information content (AvgIpc) is 2.48. The number of phenols is 2. The molecule has 2 aromatic carbocycles. The molecule has 0 saturated heterocycles. The quantitative estimate of drug-likeness (QED) is 0.186. The number of hydrogen-bond acceptors (Lipinski definition) is 7. The number of aliphatic hydroxyl groups is 1. The largest absolute Gasteiger partial charge is 0.507 e. The van der Waals surface area contributed by atoms with Crippen molar-refractivity contribution in [3.8, 4) is 11.5 Å². The van der Waals surface area contributed by atoms with E-state index < -0.39 is 44.2 Å². The third-order valence-electron chi connectivity index (χ3n) is 3.06. The Balaban J connectivity index is 3.02. The second-order valence-corrected chi connectivity index (χ2v) is 5.81. The van der Waals surface area contributed by atoms with Gasteiger partial charge in [-0.2, -0.15) is 8.42 Å². The van der Waals surface area contributed by atoms with Gasteiger partial charge in [0.05, 0.1) is 11.1 Å². The van der Waals surface area contributed by atoms with Gasteiger partial charge in [0.25, 0.3) is 10.1 Å². The number of hydrogen-bond donors (Lipinski definition) is 5. The molecule has 0 aliphatic heterocycles. The molecule has 0 aliphatic rings. The van der Waals surface area contributed by atoms with Crippen LogP contribution in [0.25, 0.3) is 16.5 Å². The van der Waals surface area contributed by atoms with Gasteiger partial charge >= 0.3 is 0 Å². The summed E-state index contributed by atoms with van der Waals surface area (Å²) >= 11 is 0. The van der Waals surface area contributed by atoms with Crippen LogP contribution in [0.2, 0.25) is 0 Å². The van der Waals surface area contributed by atoms with Crippen LogP contribution >= 0.6 is 0 Å². The molecule has 23 heavy (non-hydrogen) atoms. The van der Waals surface area contributed by atoms with Gasteiger partial charge in [0.1, 0.15) is 28.4 Å². The molecule has 0 heterocycles. The van der Waals surface area contributed by atoms with E-state index in [0.29, 0.717) is 0 Å². The Labute approximate surface area is 130 Å². The summed E-state index contributed by atoms with van der Waals surface area (Å²) in [6, 6.07) is 5.82. The summed E-state index contributed by atoms with van der Waals surface area (Å²) in [7, 11) is -4.77. The topological polar surface area (TPSA) is 156 Å². The number of benzene rings is 2. The van der Waals surface area contributed by atoms with Gasteiger partial charge in [-0.25, -0.2) is 0 Å². The monoisotopic (exact) mass is 337 g/mol. The van der Waals surface area contributed by atoms with E-state index in [1.165, 1.54) is 24.3 Å². The summed E-state index contributed by atoms with van der Waals surface area (Å²) in [6.45, 7) is 0. The highest BCUT2D eigenvalue weighted by Crippen LogP contribution is 2.42. The second kappa shape index (κ2) is 5.71. The summed E-state index contributed by atoms with van der Waals surface area (Å²) in [4.78, 5) is 10.9. The third-order valence-corrected chi connectivity index (χ3v) is 3.59.